The summed E-state index contributed by atoms with van der Waals surface area (Å²) < 4.78 is 0. The minimum atomic E-state index is 0.131. The molecule has 5 nitrogen and oxygen atoms in total. The number of piperazine rings is 1. The standard InChI is InChI=1S/C35H38N4O/c36-31-14-11-27(12-15-31)26-39-20-17-30-13-16-32(25-34(30)35(39)40)38-23-21-37(22-24-38)19-18-33(28-7-3-1-4-8-28)29-9-5-2-6-10-29/h1-16,25,33H,17-24,26,36H2. The van der Waals surface area contributed by atoms with Crippen LogP contribution in [0.5, 0.6) is 0 Å². The lowest BCUT2D eigenvalue weighted by Gasteiger charge is -2.37. The van der Waals surface area contributed by atoms with Gasteiger partial charge in [-0.1, -0.05) is 78.9 Å². The first kappa shape index (κ1) is 26.1. The van der Waals surface area contributed by atoms with E-state index in [0.29, 0.717) is 12.5 Å². The van der Waals surface area contributed by atoms with Gasteiger partial charge in [0, 0.05) is 62.1 Å². The number of rotatable bonds is 8. The first-order chi connectivity index (χ1) is 19.6. The maximum atomic E-state index is 13.4. The highest BCUT2D eigenvalue weighted by Gasteiger charge is 2.26. The molecule has 1 amide bonds. The van der Waals surface area contributed by atoms with Gasteiger partial charge in [-0.25, -0.2) is 0 Å². The molecule has 6 rings (SSSR count). The van der Waals surface area contributed by atoms with E-state index in [2.05, 4.69) is 88.7 Å². The Labute approximate surface area is 237 Å². The number of anilines is 2. The highest BCUT2D eigenvalue weighted by Crippen LogP contribution is 2.29. The predicted octanol–water partition coefficient (Wildman–Crippen LogP) is 5.81. The molecule has 1 fully saturated rings. The summed E-state index contributed by atoms with van der Waals surface area (Å²) in [6, 6.07) is 36.1. The Balaban J connectivity index is 1.07. The number of nitrogens with two attached hydrogens (primary N) is 1. The number of carbonyl (C=O) groups excluding carboxylic acids is 1. The van der Waals surface area contributed by atoms with Crippen LogP contribution in [0.15, 0.2) is 103 Å². The highest BCUT2D eigenvalue weighted by atomic mass is 16.2. The van der Waals surface area contributed by atoms with Crippen molar-refractivity contribution in [3.05, 3.63) is 131 Å². The van der Waals surface area contributed by atoms with E-state index < -0.39 is 0 Å². The fourth-order valence-corrected chi connectivity index (χ4v) is 6.14. The third-order valence-electron chi connectivity index (χ3n) is 8.49. The summed E-state index contributed by atoms with van der Waals surface area (Å²) in [4.78, 5) is 20.4. The lowest BCUT2D eigenvalue weighted by molar-refractivity contribution is 0.0727. The molecule has 5 heteroatoms. The Hall–Kier alpha value is -4.09. The minimum absolute atomic E-state index is 0.131. The molecule has 0 aromatic heterocycles. The molecule has 0 bridgehead atoms. The number of amides is 1. The monoisotopic (exact) mass is 530 g/mol. The van der Waals surface area contributed by atoms with Crippen molar-refractivity contribution in [2.24, 2.45) is 0 Å². The van der Waals surface area contributed by atoms with E-state index in [1.54, 1.807) is 0 Å². The van der Waals surface area contributed by atoms with Gasteiger partial charge < -0.3 is 15.5 Å². The quantitative estimate of drug-likeness (QED) is 0.292. The smallest absolute Gasteiger partial charge is 0.254 e. The number of nitrogens with zero attached hydrogens (tertiary/aromatic N) is 3. The number of carbonyl (C=O) groups is 1. The second kappa shape index (κ2) is 12.0. The van der Waals surface area contributed by atoms with Crippen LogP contribution in [-0.2, 0) is 13.0 Å². The van der Waals surface area contributed by atoms with E-state index in [1.165, 1.54) is 11.1 Å². The van der Waals surface area contributed by atoms with Crippen molar-refractivity contribution in [3.8, 4) is 0 Å². The van der Waals surface area contributed by atoms with Crippen molar-refractivity contribution >= 4 is 17.3 Å². The molecule has 40 heavy (non-hydrogen) atoms. The van der Waals surface area contributed by atoms with E-state index in [4.69, 9.17) is 5.73 Å². The molecule has 0 saturated carbocycles. The topological polar surface area (TPSA) is 52.8 Å². The van der Waals surface area contributed by atoms with Gasteiger partial charge in [-0.15, -0.1) is 0 Å². The average Bonchev–Trinajstić information content (AvgIpc) is 3.01. The van der Waals surface area contributed by atoms with Crippen LogP contribution in [0.1, 0.15) is 45.0 Å². The van der Waals surface area contributed by atoms with Crippen LogP contribution in [0.25, 0.3) is 0 Å². The van der Waals surface area contributed by atoms with Gasteiger partial charge in [-0.2, -0.15) is 0 Å². The molecule has 0 aliphatic carbocycles. The van der Waals surface area contributed by atoms with Gasteiger partial charge in [0.05, 0.1) is 0 Å². The molecule has 1 saturated heterocycles. The summed E-state index contributed by atoms with van der Waals surface area (Å²) >= 11 is 0. The van der Waals surface area contributed by atoms with Crippen molar-refractivity contribution < 1.29 is 4.79 Å². The number of benzene rings is 4. The molecule has 2 aliphatic rings. The zero-order valence-electron chi connectivity index (χ0n) is 23.1. The minimum Gasteiger partial charge on any atom is -0.399 e. The van der Waals surface area contributed by atoms with E-state index in [0.717, 1.165) is 80.2 Å². The number of hydrogen-bond acceptors (Lipinski definition) is 4. The fraction of sp³-hybridized carbons (Fsp3) is 0.286. The Morgan fingerprint density at radius 1 is 0.725 bits per heavy atom. The predicted molar refractivity (Wildman–Crippen MR) is 164 cm³/mol. The molecule has 0 radical (unpaired) electrons. The number of hydrogen-bond donors (Lipinski definition) is 1. The van der Waals surface area contributed by atoms with Crippen LogP contribution in [0, 0.1) is 0 Å². The van der Waals surface area contributed by atoms with Gasteiger partial charge >= 0.3 is 0 Å². The van der Waals surface area contributed by atoms with Gasteiger partial charge in [0.15, 0.2) is 0 Å². The van der Waals surface area contributed by atoms with Crippen LogP contribution < -0.4 is 10.6 Å². The normalized spacial score (nSPS) is 15.9. The third kappa shape index (κ3) is 5.90. The van der Waals surface area contributed by atoms with Crippen molar-refractivity contribution in [3.63, 3.8) is 0 Å². The van der Waals surface area contributed by atoms with Gasteiger partial charge in [0.25, 0.3) is 5.91 Å². The molecule has 2 N–H and O–H groups in total. The van der Waals surface area contributed by atoms with E-state index in [-0.39, 0.29) is 5.91 Å². The zero-order valence-corrected chi connectivity index (χ0v) is 23.1. The van der Waals surface area contributed by atoms with E-state index >= 15 is 0 Å². The molecule has 4 aromatic rings. The summed E-state index contributed by atoms with van der Waals surface area (Å²) in [5.74, 6) is 0.537. The first-order valence-corrected chi connectivity index (χ1v) is 14.5. The maximum Gasteiger partial charge on any atom is 0.254 e. The summed E-state index contributed by atoms with van der Waals surface area (Å²) in [7, 11) is 0. The molecule has 0 atom stereocenters. The second-order valence-electron chi connectivity index (χ2n) is 11.1. The van der Waals surface area contributed by atoms with Crippen LogP contribution in [-0.4, -0.2) is 55.0 Å². The Kier molecular flexibility index (Phi) is 7.83. The second-order valence-corrected chi connectivity index (χ2v) is 11.1. The molecular formula is C35H38N4O. The summed E-state index contributed by atoms with van der Waals surface area (Å²) in [6.07, 6.45) is 2.00. The molecule has 2 aliphatic heterocycles. The number of nitrogen functional groups attached to an aromatic ring is 1. The summed E-state index contributed by atoms with van der Waals surface area (Å²) in [5, 5.41) is 0. The van der Waals surface area contributed by atoms with Crippen molar-refractivity contribution in [2.45, 2.75) is 25.3 Å². The van der Waals surface area contributed by atoms with Crippen LogP contribution in [0.2, 0.25) is 0 Å². The fourth-order valence-electron chi connectivity index (χ4n) is 6.14. The van der Waals surface area contributed by atoms with E-state index in [1.807, 2.05) is 29.2 Å². The summed E-state index contributed by atoms with van der Waals surface area (Å²) in [6.45, 7) is 6.46. The molecule has 204 valence electrons. The zero-order chi connectivity index (χ0) is 27.3. The summed E-state index contributed by atoms with van der Waals surface area (Å²) in [5.41, 5.74) is 13.6. The van der Waals surface area contributed by atoms with Crippen molar-refractivity contribution in [1.29, 1.82) is 0 Å². The molecular weight excluding hydrogens is 492 g/mol. The Morgan fingerprint density at radius 3 is 2.02 bits per heavy atom. The SMILES string of the molecule is Nc1ccc(CN2CCc3ccc(N4CCN(CCC(c5ccccc5)c5ccccc5)CC4)cc3C2=O)cc1. The van der Waals surface area contributed by atoms with Gasteiger partial charge in [0.1, 0.15) is 0 Å². The van der Waals surface area contributed by atoms with Crippen LogP contribution in [0.4, 0.5) is 11.4 Å². The molecule has 2 heterocycles. The van der Waals surface area contributed by atoms with E-state index in [9.17, 15) is 4.79 Å². The van der Waals surface area contributed by atoms with Gasteiger partial charge in [-0.05, 0) is 65.9 Å². The lowest BCUT2D eigenvalue weighted by atomic mass is 9.88. The van der Waals surface area contributed by atoms with Crippen molar-refractivity contribution in [2.75, 3.05) is 49.9 Å². The maximum absolute atomic E-state index is 13.4. The van der Waals surface area contributed by atoms with Gasteiger partial charge in [-0.3, -0.25) is 9.69 Å². The van der Waals surface area contributed by atoms with Crippen LogP contribution in [0.3, 0.4) is 0 Å². The highest BCUT2D eigenvalue weighted by molar-refractivity contribution is 5.97. The lowest BCUT2D eigenvalue weighted by Crippen LogP contribution is -2.47. The first-order valence-electron chi connectivity index (χ1n) is 14.5. The molecule has 4 aromatic carbocycles. The molecule has 0 unspecified atom stereocenters. The van der Waals surface area contributed by atoms with Gasteiger partial charge in [0.2, 0.25) is 0 Å². The van der Waals surface area contributed by atoms with Crippen LogP contribution >= 0.6 is 0 Å². The Bertz CT molecular complexity index is 1370. The Morgan fingerprint density at radius 2 is 1.38 bits per heavy atom. The van der Waals surface area contributed by atoms with Crippen molar-refractivity contribution in [1.82, 2.24) is 9.80 Å². The third-order valence-corrected chi connectivity index (χ3v) is 8.49. The molecule has 0 spiro atoms. The number of fused-ring (bicyclic) bond motifs is 1. The largest absolute Gasteiger partial charge is 0.399 e. The average molecular weight is 531 g/mol.